The largest absolute Gasteiger partial charge is 0.369 e. The van der Waals surface area contributed by atoms with Gasteiger partial charge in [0, 0.05) is 35.2 Å². The summed E-state index contributed by atoms with van der Waals surface area (Å²) in [4.78, 5) is 3.65. The predicted molar refractivity (Wildman–Crippen MR) is 87.7 cm³/mol. The second kappa shape index (κ2) is 6.17. The van der Waals surface area contributed by atoms with Gasteiger partial charge in [0.25, 0.3) is 0 Å². The van der Waals surface area contributed by atoms with E-state index in [2.05, 4.69) is 46.9 Å². The molecule has 0 aliphatic heterocycles. The molecule has 1 fully saturated rings. The van der Waals surface area contributed by atoms with Gasteiger partial charge in [-0.05, 0) is 42.0 Å². The Balaban J connectivity index is 1.76. The first kappa shape index (κ1) is 13.9. The molecule has 1 aromatic carbocycles. The number of anilines is 1. The van der Waals surface area contributed by atoms with Crippen LogP contribution in [0.3, 0.4) is 0 Å². The minimum Gasteiger partial charge on any atom is -0.369 e. The summed E-state index contributed by atoms with van der Waals surface area (Å²) in [5.74, 6) is 0. The van der Waals surface area contributed by atoms with E-state index >= 15 is 0 Å². The molecule has 0 radical (unpaired) electrons. The molecule has 0 saturated heterocycles. The second-order valence-electron chi connectivity index (χ2n) is 5.36. The maximum atomic E-state index is 6.17. The van der Waals surface area contributed by atoms with Crippen LogP contribution in [0.5, 0.6) is 0 Å². The highest BCUT2D eigenvalue weighted by Crippen LogP contribution is 2.27. The van der Waals surface area contributed by atoms with E-state index in [1.165, 1.54) is 29.0 Å². The van der Waals surface area contributed by atoms with Crippen molar-refractivity contribution in [2.24, 2.45) is 0 Å². The van der Waals surface area contributed by atoms with E-state index in [1.807, 2.05) is 6.07 Å². The number of benzene rings is 1. The van der Waals surface area contributed by atoms with Gasteiger partial charge in [0.05, 0.1) is 6.54 Å². The van der Waals surface area contributed by atoms with E-state index in [9.17, 15) is 0 Å². The van der Waals surface area contributed by atoms with Crippen LogP contribution in [0.15, 0.2) is 35.7 Å². The van der Waals surface area contributed by atoms with E-state index in [1.54, 1.807) is 11.3 Å². The minimum absolute atomic E-state index is 0.723. The molecular weight excluding hydrogens is 288 g/mol. The lowest BCUT2D eigenvalue weighted by molar-refractivity contribution is 0.685. The van der Waals surface area contributed by atoms with Crippen molar-refractivity contribution in [3.05, 3.63) is 51.2 Å². The molecule has 1 aliphatic rings. The molecule has 0 spiro atoms. The van der Waals surface area contributed by atoms with Gasteiger partial charge in [-0.15, -0.1) is 11.3 Å². The lowest BCUT2D eigenvalue weighted by atomic mass is 10.1. The molecule has 0 atom stereocenters. The molecule has 106 valence electrons. The molecular formula is C16H19ClN2S. The summed E-state index contributed by atoms with van der Waals surface area (Å²) < 4.78 is 0. The molecule has 1 saturated carbocycles. The van der Waals surface area contributed by atoms with Gasteiger partial charge in [-0.25, -0.2) is 0 Å². The summed E-state index contributed by atoms with van der Waals surface area (Å²) in [7, 11) is 2.13. The van der Waals surface area contributed by atoms with Gasteiger partial charge >= 0.3 is 0 Å². The van der Waals surface area contributed by atoms with Crippen LogP contribution in [0.25, 0.3) is 0 Å². The first-order valence-corrected chi connectivity index (χ1v) is 8.23. The van der Waals surface area contributed by atoms with E-state index in [0.717, 1.165) is 24.2 Å². The maximum absolute atomic E-state index is 6.17. The van der Waals surface area contributed by atoms with Crippen LogP contribution in [0, 0.1) is 0 Å². The minimum atomic E-state index is 0.723. The summed E-state index contributed by atoms with van der Waals surface area (Å²) >= 11 is 7.97. The number of halogens is 1. The molecule has 0 unspecified atom stereocenters. The summed E-state index contributed by atoms with van der Waals surface area (Å²) in [6.07, 6.45) is 2.63. The molecule has 4 heteroatoms. The molecule has 2 nitrogen and oxygen atoms in total. The fraction of sp³-hybridized carbons (Fsp3) is 0.375. The van der Waals surface area contributed by atoms with Gasteiger partial charge in [-0.3, -0.25) is 0 Å². The molecule has 0 amide bonds. The van der Waals surface area contributed by atoms with Gasteiger partial charge in [-0.1, -0.05) is 23.7 Å². The first-order valence-electron chi connectivity index (χ1n) is 6.98. The molecule has 1 aliphatic carbocycles. The standard InChI is InChI=1S/C16H19ClN2S/c1-19(11-15-3-2-8-20-15)16-9-13(17)5-4-12(16)10-18-14-6-7-14/h2-5,8-9,14,18H,6-7,10-11H2,1H3. The zero-order chi connectivity index (χ0) is 13.9. The second-order valence-corrected chi connectivity index (χ2v) is 6.83. The number of rotatable bonds is 6. The van der Waals surface area contributed by atoms with E-state index in [4.69, 9.17) is 11.6 Å². The number of nitrogens with one attached hydrogen (secondary N) is 1. The molecule has 1 aromatic heterocycles. The van der Waals surface area contributed by atoms with Crippen LogP contribution in [0.2, 0.25) is 5.02 Å². The molecule has 20 heavy (non-hydrogen) atoms. The van der Waals surface area contributed by atoms with Crippen molar-refractivity contribution < 1.29 is 0 Å². The number of hydrogen-bond acceptors (Lipinski definition) is 3. The Hall–Kier alpha value is -1.03. The average molecular weight is 307 g/mol. The van der Waals surface area contributed by atoms with Crippen molar-refractivity contribution in [2.45, 2.75) is 32.0 Å². The van der Waals surface area contributed by atoms with Crippen LogP contribution >= 0.6 is 22.9 Å². The lowest BCUT2D eigenvalue weighted by Gasteiger charge is -2.22. The monoisotopic (exact) mass is 306 g/mol. The van der Waals surface area contributed by atoms with Crippen molar-refractivity contribution in [3.63, 3.8) is 0 Å². The third-order valence-electron chi connectivity index (χ3n) is 3.59. The van der Waals surface area contributed by atoms with E-state index in [0.29, 0.717) is 0 Å². The molecule has 1 heterocycles. The quantitative estimate of drug-likeness (QED) is 0.856. The average Bonchev–Trinajstić information content (AvgIpc) is 3.13. The first-order chi connectivity index (χ1) is 9.72. The highest BCUT2D eigenvalue weighted by atomic mass is 35.5. The third-order valence-corrected chi connectivity index (χ3v) is 4.69. The molecule has 3 rings (SSSR count). The smallest absolute Gasteiger partial charge is 0.0519 e. The maximum Gasteiger partial charge on any atom is 0.0519 e. The summed E-state index contributed by atoms with van der Waals surface area (Å²) in [6.45, 7) is 1.85. The normalized spacial score (nSPS) is 14.5. The number of nitrogens with zero attached hydrogens (tertiary/aromatic N) is 1. The summed E-state index contributed by atoms with van der Waals surface area (Å²) in [6, 6.07) is 11.2. The highest BCUT2D eigenvalue weighted by molar-refractivity contribution is 7.09. The van der Waals surface area contributed by atoms with Crippen LogP contribution in [-0.2, 0) is 13.1 Å². The number of thiophene rings is 1. The topological polar surface area (TPSA) is 15.3 Å². The summed E-state index contributed by atoms with van der Waals surface area (Å²) in [5, 5.41) is 6.50. The Morgan fingerprint density at radius 3 is 2.90 bits per heavy atom. The fourth-order valence-electron chi connectivity index (χ4n) is 2.31. The Labute approximate surface area is 129 Å². The van der Waals surface area contributed by atoms with Crippen LogP contribution in [0.1, 0.15) is 23.3 Å². The van der Waals surface area contributed by atoms with Gasteiger partial charge in [0.2, 0.25) is 0 Å². The SMILES string of the molecule is CN(Cc1cccs1)c1cc(Cl)ccc1CNC1CC1. The lowest BCUT2D eigenvalue weighted by Crippen LogP contribution is -2.21. The van der Waals surface area contributed by atoms with Crippen molar-refractivity contribution in [3.8, 4) is 0 Å². The van der Waals surface area contributed by atoms with Gasteiger partial charge in [-0.2, -0.15) is 0 Å². The van der Waals surface area contributed by atoms with Gasteiger partial charge in [0.1, 0.15) is 0 Å². The zero-order valence-electron chi connectivity index (χ0n) is 11.6. The Morgan fingerprint density at radius 1 is 1.35 bits per heavy atom. The Bertz CT molecular complexity index is 564. The van der Waals surface area contributed by atoms with Crippen molar-refractivity contribution >= 4 is 28.6 Å². The number of hydrogen-bond donors (Lipinski definition) is 1. The highest BCUT2D eigenvalue weighted by Gasteiger charge is 2.20. The van der Waals surface area contributed by atoms with Gasteiger partial charge < -0.3 is 10.2 Å². The Kier molecular flexibility index (Phi) is 4.29. The van der Waals surface area contributed by atoms with Crippen LogP contribution in [-0.4, -0.2) is 13.1 Å². The third kappa shape index (κ3) is 3.54. The van der Waals surface area contributed by atoms with Crippen LogP contribution < -0.4 is 10.2 Å². The van der Waals surface area contributed by atoms with E-state index in [-0.39, 0.29) is 0 Å². The predicted octanol–water partition coefficient (Wildman–Crippen LogP) is 4.29. The summed E-state index contributed by atoms with van der Waals surface area (Å²) in [5.41, 5.74) is 2.54. The fourth-order valence-corrected chi connectivity index (χ4v) is 3.23. The Morgan fingerprint density at radius 2 is 2.20 bits per heavy atom. The molecule has 0 bridgehead atoms. The van der Waals surface area contributed by atoms with Gasteiger partial charge in [0.15, 0.2) is 0 Å². The zero-order valence-corrected chi connectivity index (χ0v) is 13.2. The van der Waals surface area contributed by atoms with Crippen molar-refractivity contribution in [1.29, 1.82) is 0 Å². The van der Waals surface area contributed by atoms with Crippen molar-refractivity contribution in [2.75, 3.05) is 11.9 Å². The molecule has 1 N–H and O–H groups in total. The van der Waals surface area contributed by atoms with E-state index < -0.39 is 0 Å². The van der Waals surface area contributed by atoms with Crippen LogP contribution in [0.4, 0.5) is 5.69 Å². The van der Waals surface area contributed by atoms with Crippen molar-refractivity contribution in [1.82, 2.24) is 5.32 Å². The molecule has 2 aromatic rings.